The van der Waals surface area contributed by atoms with Gasteiger partial charge in [-0.3, -0.25) is 10.1 Å². The highest BCUT2D eigenvalue weighted by molar-refractivity contribution is 7.99. The van der Waals surface area contributed by atoms with E-state index < -0.39 is 5.54 Å². The van der Waals surface area contributed by atoms with Gasteiger partial charge in [0.1, 0.15) is 5.54 Å². The van der Waals surface area contributed by atoms with Gasteiger partial charge < -0.3 is 5.32 Å². The molecule has 0 radical (unpaired) electrons. The molecule has 5 heteroatoms. The molecule has 1 rings (SSSR count). The maximum absolute atomic E-state index is 11.0. The molecule has 0 saturated heterocycles. The Morgan fingerprint density at radius 1 is 1.59 bits per heavy atom. The first-order valence-corrected chi connectivity index (χ1v) is 7.22. The standard InChI is InChI=1S/C12H21N3OS/c1-12(9-13,15-10-4-5-10)6-3-7-17-8-11(16)14-2/h10,15H,3-8H2,1-2H3,(H,14,16). The lowest BCUT2D eigenvalue weighted by Gasteiger charge is -2.23. The highest BCUT2D eigenvalue weighted by Crippen LogP contribution is 2.24. The van der Waals surface area contributed by atoms with Crippen molar-refractivity contribution in [2.75, 3.05) is 18.6 Å². The summed E-state index contributed by atoms with van der Waals surface area (Å²) in [5, 5.41) is 15.1. The maximum Gasteiger partial charge on any atom is 0.229 e. The van der Waals surface area contributed by atoms with Crippen molar-refractivity contribution in [3.8, 4) is 6.07 Å². The van der Waals surface area contributed by atoms with Gasteiger partial charge in [0.05, 0.1) is 11.8 Å². The average molecular weight is 255 g/mol. The Kier molecular flexibility index (Phi) is 5.79. The van der Waals surface area contributed by atoms with Crippen molar-refractivity contribution >= 4 is 17.7 Å². The van der Waals surface area contributed by atoms with Crippen molar-refractivity contribution in [1.29, 1.82) is 5.26 Å². The number of nitrogens with zero attached hydrogens (tertiary/aromatic N) is 1. The molecule has 0 aliphatic heterocycles. The normalized spacial score (nSPS) is 18.2. The van der Waals surface area contributed by atoms with Crippen molar-refractivity contribution in [1.82, 2.24) is 10.6 Å². The molecule has 1 aliphatic carbocycles. The first-order valence-electron chi connectivity index (χ1n) is 6.07. The predicted molar refractivity (Wildman–Crippen MR) is 70.8 cm³/mol. The Labute approximate surface area is 108 Å². The van der Waals surface area contributed by atoms with Crippen LogP contribution in [0.25, 0.3) is 0 Å². The molecule has 1 atom stereocenters. The third-order valence-corrected chi connectivity index (χ3v) is 3.87. The van der Waals surface area contributed by atoms with Gasteiger partial charge in [-0.1, -0.05) is 0 Å². The zero-order chi connectivity index (χ0) is 12.7. The molecule has 0 aromatic heterocycles. The fourth-order valence-corrected chi connectivity index (χ4v) is 2.43. The monoisotopic (exact) mass is 255 g/mol. The molecule has 1 saturated carbocycles. The topological polar surface area (TPSA) is 64.9 Å². The molecule has 2 N–H and O–H groups in total. The van der Waals surface area contributed by atoms with Gasteiger partial charge in [-0.25, -0.2) is 0 Å². The van der Waals surface area contributed by atoms with Crippen LogP contribution in [0.3, 0.4) is 0 Å². The maximum atomic E-state index is 11.0. The fraction of sp³-hybridized carbons (Fsp3) is 0.833. The molecule has 1 fully saturated rings. The summed E-state index contributed by atoms with van der Waals surface area (Å²) in [7, 11) is 1.65. The van der Waals surface area contributed by atoms with Gasteiger partial charge in [0.25, 0.3) is 0 Å². The summed E-state index contributed by atoms with van der Waals surface area (Å²) >= 11 is 1.62. The third-order valence-electron chi connectivity index (χ3n) is 2.82. The van der Waals surface area contributed by atoms with Crippen molar-refractivity contribution in [2.45, 2.75) is 44.2 Å². The van der Waals surface area contributed by atoms with Crippen molar-refractivity contribution in [3.05, 3.63) is 0 Å². The first kappa shape index (κ1) is 14.3. The number of amides is 1. The van der Waals surface area contributed by atoms with E-state index in [-0.39, 0.29) is 5.91 Å². The summed E-state index contributed by atoms with van der Waals surface area (Å²) in [5.41, 5.74) is -0.394. The van der Waals surface area contributed by atoms with E-state index in [0.717, 1.165) is 18.6 Å². The van der Waals surface area contributed by atoms with E-state index in [1.165, 1.54) is 12.8 Å². The molecule has 0 bridgehead atoms. The number of hydrogen-bond acceptors (Lipinski definition) is 4. The lowest BCUT2D eigenvalue weighted by atomic mass is 9.98. The summed E-state index contributed by atoms with van der Waals surface area (Å²) in [6.45, 7) is 1.97. The number of hydrogen-bond donors (Lipinski definition) is 2. The summed E-state index contributed by atoms with van der Waals surface area (Å²) in [5.74, 6) is 1.50. The minimum atomic E-state index is -0.394. The van der Waals surface area contributed by atoms with Crippen LogP contribution in [-0.4, -0.2) is 36.0 Å². The zero-order valence-corrected chi connectivity index (χ0v) is 11.4. The highest BCUT2D eigenvalue weighted by atomic mass is 32.2. The van der Waals surface area contributed by atoms with Gasteiger partial charge in [-0.05, 0) is 38.4 Å². The Hall–Kier alpha value is -0.730. The number of carbonyl (C=O) groups is 1. The molecule has 0 aromatic rings. The second-order valence-corrected chi connectivity index (χ2v) is 5.80. The first-order chi connectivity index (χ1) is 8.09. The predicted octanol–water partition coefficient (Wildman–Crippen LogP) is 1.28. The SMILES string of the molecule is CNC(=O)CSCCCC(C)(C#N)NC1CC1. The van der Waals surface area contributed by atoms with Crippen LogP contribution < -0.4 is 10.6 Å². The Bertz CT molecular complexity index is 299. The van der Waals surface area contributed by atoms with E-state index >= 15 is 0 Å². The molecule has 96 valence electrons. The van der Waals surface area contributed by atoms with Crippen LogP contribution in [0.4, 0.5) is 0 Å². The van der Waals surface area contributed by atoms with Gasteiger partial charge >= 0.3 is 0 Å². The molecule has 0 spiro atoms. The van der Waals surface area contributed by atoms with Crippen LogP contribution >= 0.6 is 11.8 Å². The van der Waals surface area contributed by atoms with Gasteiger partial charge in [0.2, 0.25) is 5.91 Å². The molecule has 1 unspecified atom stereocenters. The van der Waals surface area contributed by atoms with Gasteiger partial charge in [0.15, 0.2) is 0 Å². The number of nitriles is 1. The third kappa shape index (κ3) is 5.94. The summed E-state index contributed by atoms with van der Waals surface area (Å²) in [4.78, 5) is 11.0. The lowest BCUT2D eigenvalue weighted by Crippen LogP contribution is -2.42. The summed E-state index contributed by atoms with van der Waals surface area (Å²) < 4.78 is 0. The van der Waals surface area contributed by atoms with E-state index in [1.807, 2.05) is 6.92 Å². The van der Waals surface area contributed by atoms with Gasteiger partial charge in [-0.15, -0.1) is 0 Å². The molecule has 0 heterocycles. The van der Waals surface area contributed by atoms with Crippen molar-refractivity contribution < 1.29 is 4.79 Å². The van der Waals surface area contributed by atoms with Crippen LogP contribution in [0.1, 0.15) is 32.6 Å². The summed E-state index contributed by atoms with van der Waals surface area (Å²) in [6, 6.07) is 2.91. The fourth-order valence-electron chi connectivity index (χ4n) is 1.60. The van der Waals surface area contributed by atoms with Crippen LogP contribution in [0.2, 0.25) is 0 Å². The molecule has 17 heavy (non-hydrogen) atoms. The van der Waals surface area contributed by atoms with Crippen LogP contribution in [0.5, 0.6) is 0 Å². The number of rotatable bonds is 8. The van der Waals surface area contributed by atoms with Gasteiger partial charge in [0, 0.05) is 13.1 Å². The quantitative estimate of drug-likeness (QED) is 0.641. The molecule has 1 aliphatic rings. The van der Waals surface area contributed by atoms with E-state index in [2.05, 4.69) is 16.7 Å². The Morgan fingerprint density at radius 3 is 2.82 bits per heavy atom. The lowest BCUT2D eigenvalue weighted by molar-refractivity contribution is -0.118. The molecular weight excluding hydrogens is 234 g/mol. The Balaban J connectivity index is 2.10. The smallest absolute Gasteiger partial charge is 0.229 e. The van der Waals surface area contributed by atoms with Crippen LogP contribution in [0, 0.1) is 11.3 Å². The number of thioether (sulfide) groups is 1. The Morgan fingerprint density at radius 2 is 2.29 bits per heavy atom. The highest BCUT2D eigenvalue weighted by Gasteiger charge is 2.31. The van der Waals surface area contributed by atoms with E-state index in [0.29, 0.717) is 11.8 Å². The minimum absolute atomic E-state index is 0.0640. The molecule has 1 amide bonds. The van der Waals surface area contributed by atoms with Crippen LogP contribution in [0.15, 0.2) is 0 Å². The van der Waals surface area contributed by atoms with Crippen molar-refractivity contribution in [2.24, 2.45) is 0 Å². The number of nitrogens with one attached hydrogen (secondary N) is 2. The minimum Gasteiger partial charge on any atom is -0.358 e. The second kappa shape index (κ2) is 6.87. The summed E-state index contributed by atoms with van der Waals surface area (Å²) in [6.07, 6.45) is 4.21. The van der Waals surface area contributed by atoms with Gasteiger partial charge in [-0.2, -0.15) is 17.0 Å². The molecule has 0 aromatic carbocycles. The average Bonchev–Trinajstić information content (AvgIpc) is 3.12. The van der Waals surface area contributed by atoms with E-state index in [4.69, 9.17) is 5.26 Å². The van der Waals surface area contributed by atoms with E-state index in [1.54, 1.807) is 18.8 Å². The molecule has 4 nitrogen and oxygen atoms in total. The number of carbonyl (C=O) groups excluding carboxylic acids is 1. The largest absolute Gasteiger partial charge is 0.358 e. The molecular formula is C12H21N3OS. The van der Waals surface area contributed by atoms with Crippen LogP contribution in [-0.2, 0) is 4.79 Å². The zero-order valence-electron chi connectivity index (χ0n) is 10.6. The van der Waals surface area contributed by atoms with E-state index in [9.17, 15) is 4.79 Å². The second-order valence-electron chi connectivity index (χ2n) is 4.69. The van der Waals surface area contributed by atoms with Crippen molar-refractivity contribution in [3.63, 3.8) is 0 Å².